The lowest BCUT2D eigenvalue weighted by Gasteiger charge is -2.27. The minimum Gasteiger partial charge on any atom is -0.394 e. The highest BCUT2D eigenvalue weighted by atomic mass is 16.3. The normalized spacial score (nSPS) is 13.6. The standard InChI is InChI=1S/C71H139NO5/c1-3-5-7-9-11-13-15-17-19-21-23-25-27-29-31-33-34-35-37-38-40-42-44-46-48-50-52-54-56-58-60-62-64-68(74)70(76)67(66-73)72-71(77)69(75)65-63-61-59-57-55-53-51-49-47-45-43-41-39-36-32-30-28-26-24-22-20-18-16-14-12-10-8-6-4-2/h30,32,56,58,67-70,73-76H,3-29,31,33-55,57,59-66H2,1-2H3,(H,72,77)/b32-30-,58-56+. The van der Waals surface area contributed by atoms with E-state index in [-0.39, 0.29) is 0 Å². The molecule has 77 heavy (non-hydrogen) atoms. The summed E-state index contributed by atoms with van der Waals surface area (Å²) in [5.74, 6) is -0.587. The summed E-state index contributed by atoms with van der Waals surface area (Å²) in [6.07, 6.45) is 83.1. The minimum absolute atomic E-state index is 0.366. The zero-order valence-corrected chi connectivity index (χ0v) is 52.2. The van der Waals surface area contributed by atoms with Crippen LogP contribution in [0.5, 0.6) is 0 Å². The maximum absolute atomic E-state index is 12.7. The third-order valence-electron chi connectivity index (χ3n) is 16.9. The summed E-state index contributed by atoms with van der Waals surface area (Å²) in [7, 11) is 0. The van der Waals surface area contributed by atoms with Gasteiger partial charge in [0.2, 0.25) is 5.91 Å². The molecule has 5 N–H and O–H groups in total. The summed E-state index contributed by atoms with van der Waals surface area (Å²) in [6, 6.07) is -1.00. The Balaban J connectivity index is 3.56. The van der Waals surface area contributed by atoms with Crippen LogP contribution >= 0.6 is 0 Å². The molecule has 0 saturated heterocycles. The van der Waals surface area contributed by atoms with Crippen LogP contribution in [0.2, 0.25) is 0 Å². The van der Waals surface area contributed by atoms with Crippen LogP contribution in [0.15, 0.2) is 24.3 Å². The van der Waals surface area contributed by atoms with Crippen molar-refractivity contribution in [3.63, 3.8) is 0 Å². The fourth-order valence-electron chi connectivity index (χ4n) is 11.4. The van der Waals surface area contributed by atoms with E-state index in [9.17, 15) is 25.2 Å². The van der Waals surface area contributed by atoms with Crippen molar-refractivity contribution >= 4 is 5.91 Å². The predicted molar refractivity (Wildman–Crippen MR) is 339 cm³/mol. The molecule has 0 saturated carbocycles. The molecule has 0 aromatic heterocycles. The lowest BCUT2D eigenvalue weighted by atomic mass is 10.00. The van der Waals surface area contributed by atoms with Gasteiger partial charge in [0.1, 0.15) is 12.2 Å². The first-order valence-corrected chi connectivity index (χ1v) is 35.2. The topological polar surface area (TPSA) is 110 Å². The largest absolute Gasteiger partial charge is 0.394 e. The Morgan fingerprint density at radius 1 is 0.312 bits per heavy atom. The molecule has 0 fully saturated rings. The maximum atomic E-state index is 12.7. The molecular formula is C71H139NO5. The van der Waals surface area contributed by atoms with Crippen molar-refractivity contribution in [1.29, 1.82) is 0 Å². The lowest BCUT2D eigenvalue weighted by Crippen LogP contribution is -2.53. The zero-order valence-electron chi connectivity index (χ0n) is 52.2. The van der Waals surface area contributed by atoms with Crippen LogP contribution in [0.25, 0.3) is 0 Å². The Morgan fingerprint density at radius 2 is 0.532 bits per heavy atom. The number of rotatable bonds is 66. The highest BCUT2D eigenvalue weighted by molar-refractivity contribution is 5.80. The molecule has 0 rings (SSSR count). The molecule has 0 radical (unpaired) electrons. The first kappa shape index (κ1) is 75.8. The van der Waals surface area contributed by atoms with E-state index in [2.05, 4.69) is 43.5 Å². The Hall–Kier alpha value is -1.21. The van der Waals surface area contributed by atoms with Gasteiger partial charge in [0.25, 0.3) is 0 Å². The van der Waals surface area contributed by atoms with Crippen molar-refractivity contribution < 1.29 is 25.2 Å². The molecular weight excluding hydrogens is 947 g/mol. The molecule has 6 nitrogen and oxygen atoms in total. The first-order valence-electron chi connectivity index (χ1n) is 35.2. The van der Waals surface area contributed by atoms with Gasteiger partial charge in [-0.05, 0) is 64.2 Å². The van der Waals surface area contributed by atoms with Gasteiger partial charge >= 0.3 is 0 Å². The van der Waals surface area contributed by atoms with Crippen molar-refractivity contribution in [2.75, 3.05) is 6.61 Å². The predicted octanol–water partition coefficient (Wildman–Crippen LogP) is 21.7. The number of hydrogen-bond acceptors (Lipinski definition) is 5. The molecule has 0 aromatic carbocycles. The second-order valence-electron chi connectivity index (χ2n) is 24.6. The van der Waals surface area contributed by atoms with Gasteiger partial charge in [-0.1, -0.05) is 353 Å². The van der Waals surface area contributed by atoms with E-state index in [1.807, 2.05) is 0 Å². The first-order chi connectivity index (χ1) is 38.0. The molecule has 6 heteroatoms. The molecule has 4 unspecified atom stereocenters. The molecule has 0 aromatic rings. The van der Waals surface area contributed by atoms with Crippen LogP contribution in [0.1, 0.15) is 393 Å². The second-order valence-corrected chi connectivity index (χ2v) is 24.6. The van der Waals surface area contributed by atoms with Gasteiger partial charge in [-0.25, -0.2) is 0 Å². The molecule has 4 atom stereocenters. The third kappa shape index (κ3) is 59.2. The number of aliphatic hydroxyl groups is 4. The number of nitrogens with one attached hydrogen (secondary N) is 1. The van der Waals surface area contributed by atoms with Crippen molar-refractivity contribution in [2.24, 2.45) is 0 Å². The molecule has 0 heterocycles. The number of allylic oxidation sites excluding steroid dienone is 4. The fourth-order valence-corrected chi connectivity index (χ4v) is 11.4. The van der Waals surface area contributed by atoms with Gasteiger partial charge in [-0.2, -0.15) is 0 Å². The third-order valence-corrected chi connectivity index (χ3v) is 16.9. The quantitative estimate of drug-likeness (QED) is 0.0308. The van der Waals surface area contributed by atoms with E-state index in [1.54, 1.807) is 0 Å². The summed E-state index contributed by atoms with van der Waals surface area (Å²) in [5.41, 5.74) is 0. The highest BCUT2D eigenvalue weighted by Crippen LogP contribution is 2.19. The summed E-state index contributed by atoms with van der Waals surface area (Å²) >= 11 is 0. The number of carbonyl (C=O) groups is 1. The van der Waals surface area contributed by atoms with Crippen molar-refractivity contribution in [1.82, 2.24) is 5.32 Å². The lowest BCUT2D eigenvalue weighted by molar-refractivity contribution is -0.132. The van der Waals surface area contributed by atoms with Gasteiger partial charge in [0.05, 0.1) is 18.8 Å². The maximum Gasteiger partial charge on any atom is 0.249 e. The number of carbonyl (C=O) groups excluding carboxylic acids is 1. The van der Waals surface area contributed by atoms with E-state index in [4.69, 9.17) is 0 Å². The van der Waals surface area contributed by atoms with Crippen LogP contribution in [-0.4, -0.2) is 57.3 Å². The molecule has 0 bridgehead atoms. The average Bonchev–Trinajstić information content (AvgIpc) is 3.43. The van der Waals surface area contributed by atoms with Crippen LogP contribution in [0.3, 0.4) is 0 Å². The monoisotopic (exact) mass is 1090 g/mol. The van der Waals surface area contributed by atoms with E-state index >= 15 is 0 Å². The van der Waals surface area contributed by atoms with Crippen molar-refractivity contribution in [3.8, 4) is 0 Å². The second kappa shape index (κ2) is 65.6. The van der Waals surface area contributed by atoms with Crippen LogP contribution in [0.4, 0.5) is 0 Å². The molecule has 458 valence electrons. The average molecular weight is 1090 g/mol. The number of aliphatic hydroxyl groups excluding tert-OH is 4. The van der Waals surface area contributed by atoms with Crippen molar-refractivity contribution in [3.05, 3.63) is 24.3 Å². The zero-order chi connectivity index (χ0) is 55.8. The smallest absolute Gasteiger partial charge is 0.249 e. The SMILES string of the molecule is CCCCCCCCCCCCCC/C=C\CCCCCCCCCCCCCCCC(O)C(=O)NC(CO)C(O)C(O)CCC/C=C/CCCCCCCCCCCCCCCCCCCCCCCCCCCCC. The highest BCUT2D eigenvalue weighted by Gasteiger charge is 2.28. The van der Waals surface area contributed by atoms with E-state index in [0.29, 0.717) is 12.8 Å². The van der Waals surface area contributed by atoms with Gasteiger partial charge < -0.3 is 25.7 Å². The van der Waals surface area contributed by atoms with Gasteiger partial charge in [-0.15, -0.1) is 0 Å². The number of unbranched alkanes of at least 4 members (excludes halogenated alkanes) is 53. The van der Waals surface area contributed by atoms with Gasteiger partial charge in [0, 0.05) is 0 Å². The molecule has 0 aliphatic rings. The Morgan fingerprint density at radius 3 is 0.779 bits per heavy atom. The summed E-state index contributed by atoms with van der Waals surface area (Å²) in [5, 5.41) is 44.2. The fraction of sp³-hybridized carbons (Fsp3) is 0.930. The molecule has 0 aliphatic carbocycles. The van der Waals surface area contributed by atoms with Gasteiger partial charge in [-0.3, -0.25) is 4.79 Å². The Kier molecular flexibility index (Phi) is 64.6. The van der Waals surface area contributed by atoms with Crippen LogP contribution < -0.4 is 5.32 Å². The molecule has 0 aliphatic heterocycles. The summed E-state index contributed by atoms with van der Waals surface area (Å²) < 4.78 is 0. The van der Waals surface area contributed by atoms with E-state index in [0.717, 1.165) is 38.5 Å². The van der Waals surface area contributed by atoms with E-state index in [1.165, 1.54) is 327 Å². The van der Waals surface area contributed by atoms with Crippen molar-refractivity contribution in [2.45, 2.75) is 417 Å². The number of hydrogen-bond donors (Lipinski definition) is 5. The summed E-state index contributed by atoms with van der Waals surface area (Å²) in [6.45, 7) is 4.10. The molecule has 0 spiro atoms. The van der Waals surface area contributed by atoms with Crippen LogP contribution in [0, 0.1) is 0 Å². The van der Waals surface area contributed by atoms with E-state index < -0.39 is 36.9 Å². The minimum atomic E-state index is -1.28. The Labute approximate surface area is 482 Å². The van der Waals surface area contributed by atoms with Crippen LogP contribution in [-0.2, 0) is 4.79 Å². The Bertz CT molecular complexity index is 1170. The number of amides is 1. The summed E-state index contributed by atoms with van der Waals surface area (Å²) in [4.78, 5) is 12.7. The van der Waals surface area contributed by atoms with Gasteiger partial charge in [0.15, 0.2) is 0 Å². The molecule has 1 amide bonds.